The number of hydrogen-bond acceptors (Lipinski definition) is 3. The average molecular weight is 272 g/mol. The van der Waals surface area contributed by atoms with Gasteiger partial charge in [0.25, 0.3) is 5.69 Å². The molecule has 0 aliphatic carbocycles. The standard InChI is InChI=1S/C16H20N2O2/c1-4-5-6-7-13-14-8-11(2)12(3)9-15(14)17-10-16(13)18(19)20/h8-10H,4-7H2,1-3H3. The van der Waals surface area contributed by atoms with Crippen LogP contribution in [0.2, 0.25) is 0 Å². The van der Waals surface area contributed by atoms with Crippen LogP contribution in [0.4, 0.5) is 5.69 Å². The van der Waals surface area contributed by atoms with Crippen molar-refractivity contribution >= 4 is 16.6 Å². The second-order valence-corrected chi connectivity index (χ2v) is 5.29. The van der Waals surface area contributed by atoms with Gasteiger partial charge in [0, 0.05) is 10.9 Å². The Balaban J connectivity index is 2.59. The molecule has 0 aliphatic heterocycles. The van der Waals surface area contributed by atoms with Gasteiger partial charge in [-0.1, -0.05) is 19.8 Å². The monoisotopic (exact) mass is 272 g/mol. The summed E-state index contributed by atoms with van der Waals surface area (Å²) in [5.41, 5.74) is 4.15. The van der Waals surface area contributed by atoms with Crippen LogP contribution in [-0.4, -0.2) is 9.91 Å². The summed E-state index contributed by atoms with van der Waals surface area (Å²) in [6.07, 6.45) is 5.31. The normalized spacial score (nSPS) is 10.9. The maximum absolute atomic E-state index is 11.2. The Labute approximate surface area is 119 Å². The molecule has 0 atom stereocenters. The molecule has 1 heterocycles. The highest BCUT2D eigenvalue weighted by Gasteiger charge is 2.18. The highest BCUT2D eigenvalue weighted by molar-refractivity contribution is 5.86. The van der Waals surface area contributed by atoms with E-state index in [9.17, 15) is 10.1 Å². The van der Waals surface area contributed by atoms with Gasteiger partial charge in [-0.15, -0.1) is 0 Å². The zero-order valence-corrected chi connectivity index (χ0v) is 12.3. The molecule has 106 valence electrons. The molecule has 0 unspecified atom stereocenters. The van der Waals surface area contributed by atoms with E-state index >= 15 is 0 Å². The lowest BCUT2D eigenvalue weighted by Crippen LogP contribution is -1.99. The first-order chi connectivity index (χ1) is 9.54. The Morgan fingerprint density at radius 3 is 2.55 bits per heavy atom. The topological polar surface area (TPSA) is 56.0 Å². The molecule has 0 N–H and O–H groups in total. The van der Waals surface area contributed by atoms with Crippen LogP contribution in [0.5, 0.6) is 0 Å². The third-order valence-electron chi connectivity index (χ3n) is 3.80. The lowest BCUT2D eigenvalue weighted by Gasteiger charge is -2.09. The van der Waals surface area contributed by atoms with Crippen molar-refractivity contribution in [2.24, 2.45) is 0 Å². The van der Waals surface area contributed by atoms with Gasteiger partial charge < -0.3 is 0 Å². The molecule has 0 bridgehead atoms. The van der Waals surface area contributed by atoms with Gasteiger partial charge >= 0.3 is 0 Å². The number of aromatic nitrogens is 1. The summed E-state index contributed by atoms with van der Waals surface area (Å²) < 4.78 is 0. The summed E-state index contributed by atoms with van der Waals surface area (Å²) in [5.74, 6) is 0. The summed E-state index contributed by atoms with van der Waals surface area (Å²) in [6, 6.07) is 4.05. The molecule has 2 rings (SSSR count). The van der Waals surface area contributed by atoms with Gasteiger partial charge in [-0.2, -0.15) is 0 Å². The number of unbranched alkanes of at least 4 members (excludes halogenated alkanes) is 2. The number of fused-ring (bicyclic) bond motifs is 1. The third-order valence-corrected chi connectivity index (χ3v) is 3.80. The fraction of sp³-hybridized carbons (Fsp3) is 0.438. The van der Waals surface area contributed by atoms with Gasteiger partial charge in [0.05, 0.1) is 10.4 Å². The summed E-state index contributed by atoms with van der Waals surface area (Å²) >= 11 is 0. The average Bonchev–Trinajstić information content (AvgIpc) is 2.40. The summed E-state index contributed by atoms with van der Waals surface area (Å²) in [4.78, 5) is 15.2. The first kappa shape index (κ1) is 14.4. The fourth-order valence-electron chi connectivity index (χ4n) is 2.47. The van der Waals surface area contributed by atoms with Crippen molar-refractivity contribution in [2.75, 3.05) is 0 Å². The van der Waals surface area contributed by atoms with Crippen LogP contribution >= 0.6 is 0 Å². The Kier molecular flexibility index (Phi) is 4.32. The predicted octanol–water partition coefficient (Wildman–Crippen LogP) is 4.49. The van der Waals surface area contributed by atoms with Gasteiger partial charge in [0.15, 0.2) is 0 Å². The van der Waals surface area contributed by atoms with Crippen molar-refractivity contribution in [1.29, 1.82) is 0 Å². The molecule has 4 nitrogen and oxygen atoms in total. The van der Waals surface area contributed by atoms with E-state index in [1.165, 1.54) is 11.8 Å². The number of nitrogens with zero attached hydrogens (tertiary/aromatic N) is 2. The zero-order valence-electron chi connectivity index (χ0n) is 12.3. The number of pyridine rings is 1. The largest absolute Gasteiger partial charge is 0.291 e. The van der Waals surface area contributed by atoms with Crippen LogP contribution in [0.3, 0.4) is 0 Å². The molecule has 0 saturated heterocycles. The minimum absolute atomic E-state index is 0.150. The lowest BCUT2D eigenvalue weighted by atomic mass is 9.98. The minimum Gasteiger partial charge on any atom is -0.258 e. The summed E-state index contributed by atoms with van der Waals surface area (Å²) in [5, 5.41) is 12.1. The Morgan fingerprint density at radius 2 is 1.90 bits per heavy atom. The highest BCUT2D eigenvalue weighted by atomic mass is 16.6. The molecular formula is C16H20N2O2. The van der Waals surface area contributed by atoms with E-state index in [2.05, 4.69) is 11.9 Å². The van der Waals surface area contributed by atoms with E-state index in [1.807, 2.05) is 26.0 Å². The van der Waals surface area contributed by atoms with Crippen LogP contribution in [0.1, 0.15) is 42.9 Å². The molecule has 0 fully saturated rings. The van der Waals surface area contributed by atoms with E-state index in [1.54, 1.807) is 0 Å². The molecule has 4 heteroatoms. The van der Waals surface area contributed by atoms with Crippen LogP contribution < -0.4 is 0 Å². The lowest BCUT2D eigenvalue weighted by molar-refractivity contribution is -0.385. The summed E-state index contributed by atoms with van der Waals surface area (Å²) in [6.45, 7) is 6.20. The maximum atomic E-state index is 11.2. The van der Waals surface area contributed by atoms with E-state index in [-0.39, 0.29) is 10.6 Å². The van der Waals surface area contributed by atoms with Gasteiger partial charge in [0.2, 0.25) is 0 Å². The molecule has 2 aromatic rings. The highest BCUT2D eigenvalue weighted by Crippen LogP contribution is 2.29. The molecule has 0 spiro atoms. The van der Waals surface area contributed by atoms with Crippen molar-refractivity contribution in [3.63, 3.8) is 0 Å². The minimum atomic E-state index is -0.317. The molecule has 20 heavy (non-hydrogen) atoms. The van der Waals surface area contributed by atoms with E-state index in [0.717, 1.165) is 47.7 Å². The molecular weight excluding hydrogens is 252 g/mol. The van der Waals surface area contributed by atoms with Crippen molar-refractivity contribution in [1.82, 2.24) is 4.98 Å². The Hall–Kier alpha value is -1.97. The van der Waals surface area contributed by atoms with Crippen molar-refractivity contribution in [3.05, 3.63) is 45.1 Å². The maximum Gasteiger partial charge on any atom is 0.291 e. The predicted molar refractivity (Wildman–Crippen MR) is 81.1 cm³/mol. The van der Waals surface area contributed by atoms with Crippen LogP contribution in [-0.2, 0) is 6.42 Å². The molecule has 1 aromatic carbocycles. The molecule has 0 saturated carbocycles. The number of hydrogen-bond donors (Lipinski definition) is 0. The number of benzene rings is 1. The second kappa shape index (κ2) is 5.99. The Bertz CT molecular complexity index is 650. The first-order valence-corrected chi connectivity index (χ1v) is 7.07. The smallest absolute Gasteiger partial charge is 0.258 e. The molecule has 0 radical (unpaired) electrons. The second-order valence-electron chi connectivity index (χ2n) is 5.29. The Morgan fingerprint density at radius 1 is 1.20 bits per heavy atom. The van der Waals surface area contributed by atoms with E-state index in [4.69, 9.17) is 0 Å². The summed E-state index contributed by atoms with van der Waals surface area (Å²) in [7, 11) is 0. The van der Waals surface area contributed by atoms with Gasteiger partial charge in [-0.25, -0.2) is 4.98 Å². The molecule has 0 amide bonds. The molecule has 1 aromatic heterocycles. The fourth-order valence-corrected chi connectivity index (χ4v) is 2.47. The van der Waals surface area contributed by atoms with Crippen molar-refractivity contribution in [3.8, 4) is 0 Å². The van der Waals surface area contributed by atoms with Crippen LogP contribution in [0.25, 0.3) is 10.9 Å². The van der Waals surface area contributed by atoms with Crippen LogP contribution in [0, 0.1) is 24.0 Å². The third kappa shape index (κ3) is 2.79. The SMILES string of the molecule is CCCCCc1c([N+](=O)[O-])cnc2cc(C)c(C)cc12. The van der Waals surface area contributed by atoms with Crippen molar-refractivity contribution in [2.45, 2.75) is 46.5 Å². The van der Waals surface area contributed by atoms with Crippen molar-refractivity contribution < 1.29 is 4.92 Å². The zero-order chi connectivity index (χ0) is 14.7. The number of aryl methyl sites for hydroxylation is 3. The first-order valence-electron chi connectivity index (χ1n) is 7.07. The van der Waals surface area contributed by atoms with Gasteiger partial charge in [0.1, 0.15) is 6.20 Å². The quantitative estimate of drug-likeness (QED) is 0.457. The van der Waals surface area contributed by atoms with Crippen LogP contribution in [0.15, 0.2) is 18.3 Å². The van der Waals surface area contributed by atoms with Gasteiger partial charge in [-0.3, -0.25) is 10.1 Å². The van der Waals surface area contributed by atoms with Gasteiger partial charge in [-0.05, 0) is 49.9 Å². The number of nitro groups is 1. The molecule has 0 aliphatic rings. The number of rotatable bonds is 5. The van der Waals surface area contributed by atoms with E-state index < -0.39 is 0 Å². The van der Waals surface area contributed by atoms with E-state index in [0.29, 0.717) is 0 Å².